The minimum Gasteiger partial charge on any atom is -0.312 e. The second-order valence-electron chi connectivity index (χ2n) is 5.46. The van der Waals surface area contributed by atoms with Gasteiger partial charge in [0.1, 0.15) is 0 Å². The maximum absolute atomic E-state index is 3.45. The van der Waals surface area contributed by atoms with Gasteiger partial charge >= 0.3 is 0 Å². The minimum atomic E-state index is 0.396. The first kappa shape index (κ1) is 16.1. The first-order chi connectivity index (χ1) is 10.2. The molecule has 1 atom stereocenters. The minimum absolute atomic E-state index is 0.396. The molecule has 0 radical (unpaired) electrons. The van der Waals surface area contributed by atoms with E-state index in [0.29, 0.717) is 6.04 Å². The molecule has 2 heteroatoms. The van der Waals surface area contributed by atoms with Gasteiger partial charge in [-0.3, -0.25) is 0 Å². The molecule has 2 aromatic rings. The number of hydrogen-bond acceptors (Lipinski definition) is 2. The van der Waals surface area contributed by atoms with Crippen LogP contribution in [0.4, 0.5) is 0 Å². The highest BCUT2D eigenvalue weighted by Gasteiger charge is 2.10. The van der Waals surface area contributed by atoms with Crippen LogP contribution in [-0.4, -0.2) is 12.8 Å². The van der Waals surface area contributed by atoms with E-state index in [0.717, 1.165) is 12.2 Å². The molecule has 0 aliphatic rings. The van der Waals surface area contributed by atoms with Crippen molar-refractivity contribution in [2.75, 3.05) is 12.8 Å². The molecule has 0 aliphatic carbocycles. The Morgan fingerprint density at radius 3 is 2.62 bits per heavy atom. The van der Waals surface area contributed by atoms with Crippen molar-refractivity contribution in [3.63, 3.8) is 0 Å². The van der Waals surface area contributed by atoms with Gasteiger partial charge in [-0.15, -0.1) is 11.8 Å². The summed E-state index contributed by atoms with van der Waals surface area (Å²) in [7, 11) is 2.05. The van der Waals surface area contributed by atoms with Gasteiger partial charge in [0.2, 0.25) is 0 Å². The van der Waals surface area contributed by atoms with E-state index in [9.17, 15) is 0 Å². The van der Waals surface area contributed by atoms with Crippen LogP contribution >= 0.6 is 11.8 Å². The van der Waals surface area contributed by atoms with Crippen molar-refractivity contribution in [1.29, 1.82) is 0 Å². The molecule has 0 bridgehead atoms. The Hall–Kier alpha value is -1.25. The molecule has 112 valence electrons. The van der Waals surface area contributed by atoms with Gasteiger partial charge in [0, 0.05) is 16.7 Å². The van der Waals surface area contributed by atoms with Crippen molar-refractivity contribution in [2.45, 2.75) is 37.6 Å². The quantitative estimate of drug-likeness (QED) is 0.722. The molecule has 0 fully saturated rings. The lowest BCUT2D eigenvalue weighted by atomic mass is 10.0. The second-order valence-corrected chi connectivity index (χ2v) is 6.56. The molecule has 0 saturated carbocycles. The summed E-state index contributed by atoms with van der Waals surface area (Å²) in [6.07, 6.45) is 2.36. The van der Waals surface area contributed by atoms with Gasteiger partial charge in [0.05, 0.1) is 0 Å². The van der Waals surface area contributed by atoms with Crippen molar-refractivity contribution < 1.29 is 0 Å². The summed E-state index contributed by atoms with van der Waals surface area (Å²) in [6, 6.07) is 18.1. The number of aryl methyl sites for hydroxylation is 2. The fraction of sp³-hybridized carbons (Fsp3) is 0.368. The van der Waals surface area contributed by atoms with Crippen LogP contribution in [0.3, 0.4) is 0 Å². The van der Waals surface area contributed by atoms with Crippen LogP contribution in [-0.2, 0) is 6.42 Å². The number of rotatable bonds is 7. The molecule has 0 spiro atoms. The van der Waals surface area contributed by atoms with Crippen LogP contribution in [0, 0.1) is 6.92 Å². The summed E-state index contributed by atoms with van der Waals surface area (Å²) in [5, 5.41) is 3.45. The topological polar surface area (TPSA) is 12.0 Å². The zero-order valence-corrected chi connectivity index (χ0v) is 14.0. The smallest absolute Gasteiger partial charge is 0.0413 e. The van der Waals surface area contributed by atoms with Crippen molar-refractivity contribution in [1.82, 2.24) is 5.32 Å². The standard InChI is InChI=1S/C19H25NS/c1-4-7-16-9-6-10-17(13-16)19(20-3)14-21-18-11-5-8-15(2)12-18/h5-6,8-13,19-20H,4,7,14H2,1-3H3. The number of nitrogens with one attached hydrogen (secondary N) is 1. The molecule has 0 heterocycles. The fourth-order valence-corrected chi connectivity index (χ4v) is 3.65. The monoisotopic (exact) mass is 299 g/mol. The lowest BCUT2D eigenvalue weighted by molar-refractivity contribution is 0.660. The third kappa shape index (κ3) is 4.90. The van der Waals surface area contributed by atoms with E-state index in [2.05, 4.69) is 67.7 Å². The van der Waals surface area contributed by atoms with Crippen LogP contribution in [0.5, 0.6) is 0 Å². The van der Waals surface area contributed by atoms with Crippen molar-refractivity contribution in [3.8, 4) is 0 Å². The summed E-state index contributed by atoms with van der Waals surface area (Å²) in [6.45, 7) is 4.38. The van der Waals surface area contributed by atoms with E-state index < -0.39 is 0 Å². The van der Waals surface area contributed by atoms with Crippen LogP contribution < -0.4 is 5.32 Å². The molecule has 0 saturated heterocycles. The number of hydrogen-bond donors (Lipinski definition) is 1. The Morgan fingerprint density at radius 2 is 1.90 bits per heavy atom. The van der Waals surface area contributed by atoms with Gasteiger partial charge in [-0.05, 0) is 43.7 Å². The molecular formula is C19H25NS. The summed E-state index contributed by atoms with van der Waals surface area (Å²) >= 11 is 1.92. The predicted octanol–water partition coefficient (Wildman–Crippen LogP) is 5.00. The Kier molecular flexibility index (Phi) is 6.34. The lowest BCUT2D eigenvalue weighted by Gasteiger charge is -2.17. The third-order valence-electron chi connectivity index (χ3n) is 3.65. The molecule has 2 rings (SSSR count). The van der Waals surface area contributed by atoms with Gasteiger partial charge in [-0.25, -0.2) is 0 Å². The first-order valence-corrected chi connectivity index (χ1v) is 8.67. The molecule has 2 aromatic carbocycles. The highest BCUT2D eigenvalue weighted by atomic mass is 32.2. The van der Waals surface area contributed by atoms with E-state index in [1.807, 2.05) is 18.8 Å². The molecule has 1 unspecified atom stereocenters. The predicted molar refractivity (Wildman–Crippen MR) is 94.1 cm³/mol. The summed E-state index contributed by atoms with van der Waals surface area (Å²) < 4.78 is 0. The van der Waals surface area contributed by atoms with E-state index >= 15 is 0 Å². The summed E-state index contributed by atoms with van der Waals surface area (Å²) in [5.74, 6) is 1.05. The maximum Gasteiger partial charge on any atom is 0.0413 e. The van der Waals surface area contributed by atoms with Crippen molar-refractivity contribution in [3.05, 3.63) is 65.2 Å². The highest BCUT2D eigenvalue weighted by Crippen LogP contribution is 2.25. The molecule has 0 aliphatic heterocycles. The Bertz CT molecular complexity index is 565. The Morgan fingerprint density at radius 1 is 1.10 bits per heavy atom. The average molecular weight is 299 g/mol. The third-order valence-corrected chi connectivity index (χ3v) is 4.73. The van der Waals surface area contributed by atoms with E-state index in [4.69, 9.17) is 0 Å². The average Bonchev–Trinajstić information content (AvgIpc) is 2.49. The molecule has 21 heavy (non-hydrogen) atoms. The molecule has 1 N–H and O–H groups in total. The first-order valence-electron chi connectivity index (χ1n) is 7.68. The largest absolute Gasteiger partial charge is 0.312 e. The van der Waals surface area contributed by atoms with Crippen LogP contribution in [0.15, 0.2) is 53.4 Å². The lowest BCUT2D eigenvalue weighted by Crippen LogP contribution is -2.18. The van der Waals surface area contributed by atoms with Crippen molar-refractivity contribution >= 4 is 11.8 Å². The van der Waals surface area contributed by atoms with Crippen LogP contribution in [0.25, 0.3) is 0 Å². The van der Waals surface area contributed by atoms with Gasteiger partial charge in [0.25, 0.3) is 0 Å². The van der Waals surface area contributed by atoms with E-state index in [-0.39, 0.29) is 0 Å². The Labute approximate surface area is 133 Å². The molecule has 1 nitrogen and oxygen atoms in total. The normalized spacial score (nSPS) is 12.3. The fourth-order valence-electron chi connectivity index (χ4n) is 2.48. The van der Waals surface area contributed by atoms with Crippen LogP contribution in [0.2, 0.25) is 0 Å². The van der Waals surface area contributed by atoms with Crippen molar-refractivity contribution in [2.24, 2.45) is 0 Å². The van der Waals surface area contributed by atoms with E-state index in [1.165, 1.54) is 28.0 Å². The SMILES string of the molecule is CCCc1cccc(C(CSc2cccc(C)c2)NC)c1. The van der Waals surface area contributed by atoms with Gasteiger partial charge in [-0.2, -0.15) is 0 Å². The van der Waals surface area contributed by atoms with Gasteiger partial charge < -0.3 is 5.32 Å². The highest BCUT2D eigenvalue weighted by molar-refractivity contribution is 7.99. The van der Waals surface area contributed by atoms with Gasteiger partial charge in [-0.1, -0.05) is 55.3 Å². The molecule has 0 aromatic heterocycles. The zero-order chi connectivity index (χ0) is 15.1. The number of benzene rings is 2. The summed E-state index contributed by atoms with van der Waals surface area (Å²) in [5.41, 5.74) is 4.16. The Balaban J connectivity index is 2.04. The molecular weight excluding hydrogens is 274 g/mol. The zero-order valence-electron chi connectivity index (χ0n) is 13.2. The van der Waals surface area contributed by atoms with E-state index in [1.54, 1.807) is 0 Å². The van der Waals surface area contributed by atoms with Gasteiger partial charge in [0.15, 0.2) is 0 Å². The second kappa shape index (κ2) is 8.26. The van der Waals surface area contributed by atoms with Crippen LogP contribution in [0.1, 0.15) is 36.1 Å². The summed E-state index contributed by atoms with van der Waals surface area (Å²) in [4.78, 5) is 1.35. The number of thioether (sulfide) groups is 1. The maximum atomic E-state index is 3.45. The molecule has 0 amide bonds.